The highest BCUT2D eigenvalue weighted by molar-refractivity contribution is 5.87. The standard InChI is InChI=1S/C9H10FNO3/c10-7-2-5(8(11)4-12)1-6(3-7)9(13)14/h1-3,8,12H,4,11H2,(H,13,14)/t8-/m0/s1. The van der Waals surface area contributed by atoms with E-state index in [0.717, 1.165) is 12.1 Å². The molecule has 4 nitrogen and oxygen atoms in total. The minimum Gasteiger partial charge on any atom is -0.478 e. The monoisotopic (exact) mass is 199 g/mol. The first-order valence-corrected chi connectivity index (χ1v) is 3.95. The number of rotatable bonds is 3. The Morgan fingerprint density at radius 1 is 1.50 bits per heavy atom. The Kier molecular flexibility index (Phi) is 3.16. The van der Waals surface area contributed by atoms with Gasteiger partial charge in [-0.05, 0) is 23.8 Å². The van der Waals surface area contributed by atoms with Gasteiger partial charge in [-0.1, -0.05) is 0 Å². The maximum Gasteiger partial charge on any atom is 0.335 e. The predicted octanol–water partition coefficient (Wildman–Crippen LogP) is 0.516. The van der Waals surface area contributed by atoms with Crippen molar-refractivity contribution in [2.45, 2.75) is 6.04 Å². The summed E-state index contributed by atoms with van der Waals surface area (Å²) in [4.78, 5) is 10.5. The molecule has 1 atom stereocenters. The first kappa shape index (κ1) is 10.6. The third-order valence-electron chi connectivity index (χ3n) is 1.79. The Balaban J connectivity index is 3.13. The zero-order valence-corrected chi connectivity index (χ0v) is 7.27. The highest BCUT2D eigenvalue weighted by Gasteiger charge is 2.11. The molecule has 0 saturated carbocycles. The van der Waals surface area contributed by atoms with Crippen LogP contribution in [0.4, 0.5) is 4.39 Å². The molecule has 0 aliphatic heterocycles. The van der Waals surface area contributed by atoms with Gasteiger partial charge in [-0.2, -0.15) is 0 Å². The molecule has 0 unspecified atom stereocenters. The fourth-order valence-electron chi connectivity index (χ4n) is 1.06. The van der Waals surface area contributed by atoms with E-state index in [2.05, 4.69) is 0 Å². The average Bonchev–Trinajstić information content (AvgIpc) is 2.15. The molecule has 5 heteroatoms. The van der Waals surface area contributed by atoms with Crippen LogP contribution in [-0.4, -0.2) is 22.8 Å². The predicted molar refractivity (Wildman–Crippen MR) is 47.4 cm³/mol. The van der Waals surface area contributed by atoms with Crippen molar-refractivity contribution < 1.29 is 19.4 Å². The molecule has 0 spiro atoms. The van der Waals surface area contributed by atoms with Crippen molar-refractivity contribution in [2.24, 2.45) is 5.73 Å². The summed E-state index contributed by atoms with van der Waals surface area (Å²) in [5.74, 6) is -1.90. The van der Waals surface area contributed by atoms with Gasteiger partial charge in [0.25, 0.3) is 0 Å². The van der Waals surface area contributed by atoms with E-state index in [1.165, 1.54) is 6.07 Å². The maximum absolute atomic E-state index is 12.9. The van der Waals surface area contributed by atoms with Crippen LogP contribution in [0.2, 0.25) is 0 Å². The molecule has 76 valence electrons. The molecule has 1 aromatic rings. The molecule has 0 radical (unpaired) electrons. The van der Waals surface area contributed by atoms with E-state index in [1.54, 1.807) is 0 Å². The van der Waals surface area contributed by atoms with Crippen molar-refractivity contribution in [2.75, 3.05) is 6.61 Å². The quantitative estimate of drug-likeness (QED) is 0.662. The highest BCUT2D eigenvalue weighted by Crippen LogP contribution is 2.14. The van der Waals surface area contributed by atoms with Crippen LogP contribution in [0.1, 0.15) is 22.0 Å². The van der Waals surface area contributed by atoms with E-state index in [-0.39, 0.29) is 17.7 Å². The first-order chi connectivity index (χ1) is 6.54. The van der Waals surface area contributed by atoms with Gasteiger partial charge in [0, 0.05) is 0 Å². The molecule has 0 fully saturated rings. The number of hydrogen-bond acceptors (Lipinski definition) is 3. The van der Waals surface area contributed by atoms with E-state index >= 15 is 0 Å². The number of benzene rings is 1. The molecule has 1 aromatic carbocycles. The number of aliphatic hydroxyl groups is 1. The molecule has 0 amide bonds. The summed E-state index contributed by atoms with van der Waals surface area (Å²) >= 11 is 0. The maximum atomic E-state index is 12.9. The van der Waals surface area contributed by atoms with Gasteiger partial charge in [-0.15, -0.1) is 0 Å². The van der Waals surface area contributed by atoms with Crippen molar-refractivity contribution in [3.8, 4) is 0 Å². The second-order valence-electron chi connectivity index (χ2n) is 2.87. The number of carboxylic acid groups (broad SMARTS) is 1. The van der Waals surface area contributed by atoms with Crippen LogP contribution in [0.5, 0.6) is 0 Å². The lowest BCUT2D eigenvalue weighted by atomic mass is 10.0. The second kappa shape index (κ2) is 4.17. The topological polar surface area (TPSA) is 83.5 Å². The lowest BCUT2D eigenvalue weighted by molar-refractivity contribution is 0.0696. The fourth-order valence-corrected chi connectivity index (χ4v) is 1.06. The van der Waals surface area contributed by atoms with Crippen molar-refractivity contribution in [3.63, 3.8) is 0 Å². The van der Waals surface area contributed by atoms with E-state index < -0.39 is 17.8 Å². The van der Waals surface area contributed by atoms with Gasteiger partial charge < -0.3 is 15.9 Å². The Morgan fingerprint density at radius 3 is 2.64 bits per heavy atom. The van der Waals surface area contributed by atoms with E-state index in [9.17, 15) is 9.18 Å². The van der Waals surface area contributed by atoms with Crippen molar-refractivity contribution in [1.82, 2.24) is 0 Å². The molecule has 0 heterocycles. The van der Waals surface area contributed by atoms with Gasteiger partial charge >= 0.3 is 5.97 Å². The van der Waals surface area contributed by atoms with Gasteiger partial charge in [0.05, 0.1) is 18.2 Å². The first-order valence-electron chi connectivity index (χ1n) is 3.95. The van der Waals surface area contributed by atoms with Crippen LogP contribution in [0, 0.1) is 5.82 Å². The Morgan fingerprint density at radius 2 is 2.14 bits per heavy atom. The van der Waals surface area contributed by atoms with Crippen LogP contribution in [-0.2, 0) is 0 Å². The minimum absolute atomic E-state index is 0.177. The Labute approximate surface area is 79.8 Å². The molecule has 14 heavy (non-hydrogen) atoms. The summed E-state index contributed by atoms with van der Waals surface area (Å²) in [6.45, 7) is -0.359. The van der Waals surface area contributed by atoms with Gasteiger partial charge in [-0.3, -0.25) is 0 Å². The molecule has 0 aliphatic carbocycles. The summed E-state index contributed by atoms with van der Waals surface area (Å²) in [5.41, 5.74) is 5.51. The molecule has 0 aliphatic rings. The normalized spacial score (nSPS) is 12.5. The van der Waals surface area contributed by atoms with E-state index in [0.29, 0.717) is 0 Å². The average molecular weight is 199 g/mol. The summed E-state index contributed by atoms with van der Waals surface area (Å²) in [5, 5.41) is 17.3. The minimum atomic E-state index is -1.23. The van der Waals surface area contributed by atoms with Gasteiger partial charge in [0.2, 0.25) is 0 Å². The number of carboxylic acids is 1. The van der Waals surface area contributed by atoms with Crippen LogP contribution in [0.25, 0.3) is 0 Å². The lowest BCUT2D eigenvalue weighted by Crippen LogP contribution is -2.15. The Bertz CT molecular complexity index is 354. The highest BCUT2D eigenvalue weighted by atomic mass is 19.1. The van der Waals surface area contributed by atoms with Gasteiger partial charge in [-0.25, -0.2) is 9.18 Å². The number of hydrogen-bond donors (Lipinski definition) is 3. The number of aliphatic hydroxyl groups excluding tert-OH is 1. The SMILES string of the molecule is N[C@@H](CO)c1cc(F)cc(C(=O)O)c1. The lowest BCUT2D eigenvalue weighted by Gasteiger charge is -2.09. The summed E-state index contributed by atoms with van der Waals surface area (Å²) in [6.07, 6.45) is 0. The van der Waals surface area contributed by atoms with Crippen molar-refractivity contribution in [3.05, 3.63) is 35.1 Å². The number of carbonyl (C=O) groups is 1. The molecular weight excluding hydrogens is 189 g/mol. The van der Waals surface area contributed by atoms with Crippen LogP contribution < -0.4 is 5.73 Å². The number of aromatic carboxylic acids is 1. The number of halogens is 1. The van der Waals surface area contributed by atoms with Crippen molar-refractivity contribution >= 4 is 5.97 Å². The van der Waals surface area contributed by atoms with Gasteiger partial charge in [0.1, 0.15) is 5.82 Å². The van der Waals surface area contributed by atoms with E-state index in [1.807, 2.05) is 0 Å². The largest absolute Gasteiger partial charge is 0.478 e. The fraction of sp³-hybridized carbons (Fsp3) is 0.222. The number of nitrogens with two attached hydrogens (primary N) is 1. The third-order valence-corrected chi connectivity index (χ3v) is 1.79. The molecule has 1 rings (SSSR count). The molecule has 0 aromatic heterocycles. The van der Waals surface area contributed by atoms with Crippen LogP contribution in [0.15, 0.2) is 18.2 Å². The smallest absolute Gasteiger partial charge is 0.335 e. The van der Waals surface area contributed by atoms with Crippen molar-refractivity contribution in [1.29, 1.82) is 0 Å². The Hall–Kier alpha value is -1.46. The van der Waals surface area contributed by atoms with Crippen LogP contribution in [0.3, 0.4) is 0 Å². The van der Waals surface area contributed by atoms with Gasteiger partial charge in [0.15, 0.2) is 0 Å². The summed E-state index contributed by atoms with van der Waals surface area (Å²) in [6, 6.07) is 2.49. The summed E-state index contributed by atoms with van der Waals surface area (Å²) in [7, 11) is 0. The zero-order valence-electron chi connectivity index (χ0n) is 7.27. The summed E-state index contributed by atoms with van der Waals surface area (Å²) < 4.78 is 12.9. The van der Waals surface area contributed by atoms with E-state index in [4.69, 9.17) is 15.9 Å². The second-order valence-corrected chi connectivity index (χ2v) is 2.87. The molecule has 0 bridgehead atoms. The molecular formula is C9H10FNO3. The van der Waals surface area contributed by atoms with Crippen LogP contribution >= 0.6 is 0 Å². The zero-order chi connectivity index (χ0) is 10.7. The molecule has 4 N–H and O–H groups in total. The molecule has 0 saturated heterocycles. The third kappa shape index (κ3) is 2.27.